The van der Waals surface area contributed by atoms with Gasteiger partial charge in [0.05, 0.1) is 10.9 Å². The highest BCUT2D eigenvalue weighted by atomic mass is 32.2. The maximum atomic E-state index is 12.9. The molecule has 0 bridgehead atoms. The molecule has 1 aromatic carbocycles. The van der Waals surface area contributed by atoms with Crippen LogP contribution in [0, 0.1) is 5.92 Å². The van der Waals surface area contributed by atoms with Crippen molar-refractivity contribution in [2.75, 3.05) is 39.3 Å². The Morgan fingerprint density at radius 3 is 2.11 bits per heavy atom. The van der Waals surface area contributed by atoms with Gasteiger partial charge in [-0.05, 0) is 45.0 Å². The highest BCUT2D eigenvalue weighted by Gasteiger charge is 2.34. The summed E-state index contributed by atoms with van der Waals surface area (Å²) >= 11 is 0. The van der Waals surface area contributed by atoms with E-state index < -0.39 is 10.0 Å². The third-order valence-electron chi connectivity index (χ3n) is 5.77. The van der Waals surface area contributed by atoms with Crippen LogP contribution in [0.25, 0.3) is 0 Å². The molecule has 2 saturated heterocycles. The normalized spacial score (nSPS) is 21.4. The number of rotatable bonds is 5. The first-order valence-electron chi connectivity index (χ1n) is 9.68. The molecule has 0 saturated carbocycles. The number of sulfonamides is 1. The largest absolute Gasteiger partial charge is 0.369 e. The molecule has 0 aromatic heterocycles. The molecule has 154 valence electrons. The molecule has 2 heterocycles. The summed E-state index contributed by atoms with van der Waals surface area (Å²) in [7, 11) is -3.53. The number of nitrogens with two attached hydrogens (primary N) is 1. The fourth-order valence-electron chi connectivity index (χ4n) is 3.88. The average Bonchev–Trinajstić information content (AvgIpc) is 2.73. The molecule has 0 aliphatic carbocycles. The first kappa shape index (κ1) is 20.8. The maximum Gasteiger partial charge on any atom is 0.243 e. The fraction of sp³-hybridized carbons (Fsp3) is 0.579. The Balaban J connectivity index is 1.54. The monoisotopic (exact) mass is 408 g/mol. The number of carbonyl (C=O) groups is 2. The van der Waals surface area contributed by atoms with Crippen molar-refractivity contribution < 1.29 is 18.0 Å². The number of piperidine rings is 1. The van der Waals surface area contributed by atoms with Crippen LogP contribution in [0.1, 0.15) is 19.8 Å². The Kier molecular flexibility index (Phi) is 6.36. The van der Waals surface area contributed by atoms with Crippen molar-refractivity contribution in [1.82, 2.24) is 14.1 Å². The van der Waals surface area contributed by atoms with Gasteiger partial charge < -0.3 is 10.6 Å². The second-order valence-electron chi connectivity index (χ2n) is 7.43. The van der Waals surface area contributed by atoms with E-state index in [1.165, 1.54) is 4.31 Å². The third kappa shape index (κ3) is 4.37. The van der Waals surface area contributed by atoms with E-state index in [0.29, 0.717) is 52.1 Å². The lowest BCUT2D eigenvalue weighted by Gasteiger charge is -2.39. The van der Waals surface area contributed by atoms with Crippen LogP contribution in [0.4, 0.5) is 0 Å². The molecule has 8 nitrogen and oxygen atoms in total. The molecule has 0 radical (unpaired) electrons. The van der Waals surface area contributed by atoms with E-state index >= 15 is 0 Å². The Labute approximate surface area is 166 Å². The number of benzene rings is 1. The van der Waals surface area contributed by atoms with Gasteiger partial charge in [-0.1, -0.05) is 18.2 Å². The van der Waals surface area contributed by atoms with E-state index in [9.17, 15) is 18.0 Å². The summed E-state index contributed by atoms with van der Waals surface area (Å²) in [5.41, 5.74) is 5.37. The van der Waals surface area contributed by atoms with Crippen molar-refractivity contribution in [2.45, 2.75) is 30.7 Å². The Morgan fingerprint density at radius 2 is 1.57 bits per heavy atom. The molecule has 9 heteroatoms. The summed E-state index contributed by atoms with van der Waals surface area (Å²) in [5.74, 6) is -0.367. The van der Waals surface area contributed by atoms with Gasteiger partial charge in [0, 0.05) is 32.1 Å². The first-order valence-corrected chi connectivity index (χ1v) is 11.1. The van der Waals surface area contributed by atoms with Crippen LogP contribution in [0.2, 0.25) is 0 Å². The van der Waals surface area contributed by atoms with Crippen molar-refractivity contribution in [3.63, 3.8) is 0 Å². The lowest BCUT2D eigenvalue weighted by Crippen LogP contribution is -2.56. The molecule has 1 aromatic rings. The maximum absolute atomic E-state index is 12.9. The molecule has 0 unspecified atom stereocenters. The van der Waals surface area contributed by atoms with Crippen molar-refractivity contribution in [2.24, 2.45) is 11.7 Å². The second kappa shape index (κ2) is 8.59. The zero-order valence-corrected chi connectivity index (χ0v) is 17.0. The number of likely N-dealkylation sites (tertiary alicyclic amines) is 1. The summed E-state index contributed by atoms with van der Waals surface area (Å²) in [6.45, 7) is 4.56. The smallest absolute Gasteiger partial charge is 0.243 e. The highest BCUT2D eigenvalue weighted by Crippen LogP contribution is 2.21. The zero-order chi connectivity index (χ0) is 20.3. The Bertz CT molecular complexity index is 798. The van der Waals surface area contributed by atoms with Crippen LogP contribution in [-0.2, 0) is 19.6 Å². The fourth-order valence-corrected chi connectivity index (χ4v) is 5.33. The standard InChI is InChI=1S/C19H28N4O4S/c1-15(21-9-7-16(8-10-21)18(20)24)19(25)22-11-13-23(14-12-22)28(26,27)17-5-3-2-4-6-17/h2-6,15-16H,7-14H2,1H3,(H2,20,24)/t15-/m1/s1. The van der Waals surface area contributed by atoms with E-state index in [-0.39, 0.29) is 28.7 Å². The lowest BCUT2D eigenvalue weighted by atomic mass is 9.95. The highest BCUT2D eigenvalue weighted by molar-refractivity contribution is 7.89. The molecule has 2 aliphatic rings. The molecular weight excluding hydrogens is 380 g/mol. The van der Waals surface area contributed by atoms with Crippen LogP contribution in [-0.4, -0.2) is 79.6 Å². The number of hydrogen-bond acceptors (Lipinski definition) is 5. The van der Waals surface area contributed by atoms with Crippen molar-refractivity contribution in [1.29, 1.82) is 0 Å². The molecule has 0 spiro atoms. The molecule has 28 heavy (non-hydrogen) atoms. The third-order valence-corrected chi connectivity index (χ3v) is 7.68. The molecule has 2 aliphatic heterocycles. The van der Waals surface area contributed by atoms with Crippen LogP contribution in [0.3, 0.4) is 0 Å². The first-order chi connectivity index (χ1) is 13.3. The second-order valence-corrected chi connectivity index (χ2v) is 9.37. The van der Waals surface area contributed by atoms with Gasteiger partial charge in [-0.25, -0.2) is 8.42 Å². The number of nitrogens with zero attached hydrogens (tertiary/aromatic N) is 3. The predicted molar refractivity (Wildman–Crippen MR) is 105 cm³/mol. The number of piperazine rings is 1. The van der Waals surface area contributed by atoms with Crippen molar-refractivity contribution in [3.8, 4) is 0 Å². The van der Waals surface area contributed by atoms with Crippen LogP contribution in [0.15, 0.2) is 35.2 Å². The molecular formula is C19H28N4O4S. The number of carbonyl (C=O) groups excluding carboxylic acids is 2. The zero-order valence-electron chi connectivity index (χ0n) is 16.2. The van der Waals surface area contributed by atoms with Gasteiger partial charge in [-0.15, -0.1) is 0 Å². The minimum Gasteiger partial charge on any atom is -0.369 e. The topological polar surface area (TPSA) is 104 Å². The van der Waals surface area contributed by atoms with Gasteiger partial charge in [0.15, 0.2) is 0 Å². The summed E-state index contributed by atoms with van der Waals surface area (Å²) in [6.07, 6.45) is 1.35. The van der Waals surface area contributed by atoms with E-state index in [2.05, 4.69) is 4.90 Å². The van der Waals surface area contributed by atoms with E-state index in [4.69, 9.17) is 5.73 Å². The molecule has 2 amide bonds. The van der Waals surface area contributed by atoms with Gasteiger partial charge >= 0.3 is 0 Å². The molecule has 2 N–H and O–H groups in total. The van der Waals surface area contributed by atoms with Crippen molar-refractivity contribution in [3.05, 3.63) is 30.3 Å². The van der Waals surface area contributed by atoms with Gasteiger partial charge in [-0.2, -0.15) is 4.31 Å². The Hall–Kier alpha value is -1.97. The van der Waals surface area contributed by atoms with Gasteiger partial charge in [-0.3, -0.25) is 14.5 Å². The van der Waals surface area contributed by atoms with Gasteiger partial charge in [0.2, 0.25) is 21.8 Å². The summed E-state index contributed by atoms with van der Waals surface area (Å²) in [4.78, 5) is 28.3. The minimum absolute atomic E-state index is 0.00860. The molecule has 2 fully saturated rings. The van der Waals surface area contributed by atoms with Crippen LogP contribution >= 0.6 is 0 Å². The summed E-state index contributed by atoms with van der Waals surface area (Å²) in [5, 5.41) is 0. The van der Waals surface area contributed by atoms with E-state index in [1.54, 1.807) is 35.2 Å². The lowest BCUT2D eigenvalue weighted by molar-refractivity contribution is -0.138. The van der Waals surface area contributed by atoms with Crippen LogP contribution < -0.4 is 5.73 Å². The van der Waals surface area contributed by atoms with E-state index in [1.807, 2.05) is 6.92 Å². The predicted octanol–water partition coefficient (Wildman–Crippen LogP) is 0.105. The number of hydrogen-bond donors (Lipinski definition) is 1. The minimum atomic E-state index is -3.53. The summed E-state index contributed by atoms with van der Waals surface area (Å²) < 4.78 is 26.9. The van der Waals surface area contributed by atoms with E-state index in [0.717, 1.165) is 0 Å². The molecule has 1 atom stereocenters. The quantitative estimate of drug-likeness (QED) is 0.744. The summed E-state index contributed by atoms with van der Waals surface area (Å²) in [6, 6.07) is 8.08. The average molecular weight is 409 g/mol. The Morgan fingerprint density at radius 1 is 1.00 bits per heavy atom. The number of amides is 2. The van der Waals surface area contributed by atoms with Gasteiger partial charge in [0.1, 0.15) is 0 Å². The molecule has 3 rings (SSSR count). The van der Waals surface area contributed by atoms with Crippen LogP contribution in [0.5, 0.6) is 0 Å². The SMILES string of the molecule is C[C@H](C(=O)N1CCN(S(=O)(=O)c2ccccc2)CC1)N1CCC(C(N)=O)CC1. The number of primary amides is 1. The van der Waals surface area contributed by atoms with Gasteiger partial charge in [0.25, 0.3) is 0 Å². The van der Waals surface area contributed by atoms with Crippen molar-refractivity contribution >= 4 is 21.8 Å².